The van der Waals surface area contributed by atoms with Gasteiger partial charge in [0.05, 0.1) is 11.7 Å². The van der Waals surface area contributed by atoms with Gasteiger partial charge in [-0.25, -0.2) is 4.39 Å². The Balaban J connectivity index is 2.22. The zero-order chi connectivity index (χ0) is 14.6. The van der Waals surface area contributed by atoms with E-state index in [1.165, 1.54) is 12.1 Å². The molecule has 0 aliphatic rings. The van der Waals surface area contributed by atoms with E-state index >= 15 is 0 Å². The van der Waals surface area contributed by atoms with Crippen LogP contribution in [0.1, 0.15) is 25.3 Å². The van der Waals surface area contributed by atoms with Gasteiger partial charge < -0.3 is 5.11 Å². The molecule has 1 unspecified atom stereocenters. The molecule has 0 fully saturated rings. The van der Waals surface area contributed by atoms with Gasteiger partial charge in [0.25, 0.3) is 0 Å². The maximum Gasteiger partial charge on any atom is 0.123 e. The highest BCUT2D eigenvalue weighted by atomic mass is 19.1. The van der Waals surface area contributed by atoms with Gasteiger partial charge in [-0.3, -0.25) is 0 Å². The minimum Gasteiger partial charge on any atom is -0.385 e. The maximum atomic E-state index is 12.9. The predicted octanol–water partition coefficient (Wildman–Crippen LogP) is 4.00. The summed E-state index contributed by atoms with van der Waals surface area (Å²) in [5.74, 6) is -0.259. The Morgan fingerprint density at radius 2 is 1.55 bits per heavy atom. The van der Waals surface area contributed by atoms with Crippen LogP contribution in [0.3, 0.4) is 0 Å². The zero-order valence-electron chi connectivity index (χ0n) is 11.3. The smallest absolute Gasteiger partial charge is 0.123 e. The molecule has 0 spiro atoms. The Kier molecular flexibility index (Phi) is 4.16. The lowest BCUT2D eigenvalue weighted by atomic mass is 9.90. The average Bonchev–Trinajstić information content (AvgIpc) is 2.46. The highest BCUT2D eigenvalue weighted by Crippen LogP contribution is 2.28. The number of rotatable bonds is 4. The molecule has 102 valence electrons. The highest BCUT2D eigenvalue weighted by Gasteiger charge is 2.22. The number of benzene rings is 2. The molecule has 3 heteroatoms. The number of aliphatic hydroxyl groups is 1. The van der Waals surface area contributed by atoms with E-state index in [1.54, 1.807) is 19.1 Å². The molecule has 1 N–H and O–H groups in total. The Morgan fingerprint density at radius 1 is 1.05 bits per heavy atom. The summed E-state index contributed by atoms with van der Waals surface area (Å²) in [7, 11) is 0. The highest BCUT2D eigenvalue weighted by molar-refractivity contribution is 5.63. The van der Waals surface area contributed by atoms with E-state index in [1.807, 2.05) is 30.3 Å². The fourth-order valence-electron chi connectivity index (χ4n) is 2.11. The number of nitrogens with zero attached hydrogens (tertiary/aromatic N) is 1. The molecule has 2 aromatic carbocycles. The van der Waals surface area contributed by atoms with E-state index in [4.69, 9.17) is 5.26 Å². The van der Waals surface area contributed by atoms with Crippen molar-refractivity contribution < 1.29 is 9.50 Å². The van der Waals surface area contributed by atoms with Gasteiger partial charge in [-0.1, -0.05) is 36.4 Å². The first-order chi connectivity index (χ1) is 9.53. The number of hydrogen-bond donors (Lipinski definition) is 1. The molecule has 0 heterocycles. The van der Waals surface area contributed by atoms with Crippen molar-refractivity contribution in [3.63, 3.8) is 0 Å². The first kappa shape index (κ1) is 14.2. The first-order valence-corrected chi connectivity index (χ1v) is 6.49. The molecule has 0 aliphatic carbocycles. The fourth-order valence-corrected chi connectivity index (χ4v) is 2.11. The first-order valence-electron chi connectivity index (χ1n) is 6.49. The summed E-state index contributed by atoms with van der Waals surface area (Å²) in [5.41, 5.74) is 1.66. The topological polar surface area (TPSA) is 44.0 Å². The molecule has 0 bridgehead atoms. The van der Waals surface area contributed by atoms with E-state index in [-0.39, 0.29) is 5.82 Å². The van der Waals surface area contributed by atoms with Gasteiger partial charge in [0.1, 0.15) is 5.82 Å². The van der Waals surface area contributed by atoms with Crippen molar-refractivity contribution in [1.82, 2.24) is 0 Å². The fraction of sp³-hybridized carbons (Fsp3) is 0.235. The van der Waals surface area contributed by atoms with Gasteiger partial charge in [0.15, 0.2) is 0 Å². The van der Waals surface area contributed by atoms with E-state index in [2.05, 4.69) is 0 Å². The summed E-state index contributed by atoms with van der Waals surface area (Å²) in [4.78, 5) is 0. The van der Waals surface area contributed by atoms with Crippen LogP contribution in [-0.2, 0) is 5.60 Å². The van der Waals surface area contributed by atoms with Crippen molar-refractivity contribution in [2.24, 2.45) is 0 Å². The molecule has 0 amide bonds. The summed E-state index contributed by atoms with van der Waals surface area (Å²) in [5, 5.41) is 18.9. The Bertz CT molecular complexity index is 609. The van der Waals surface area contributed by atoms with Crippen LogP contribution in [0.2, 0.25) is 0 Å². The third-order valence-corrected chi connectivity index (χ3v) is 3.41. The summed E-state index contributed by atoms with van der Waals surface area (Å²) in [6, 6.07) is 15.8. The molecule has 0 saturated heterocycles. The van der Waals surface area contributed by atoms with Crippen molar-refractivity contribution in [2.75, 3.05) is 0 Å². The quantitative estimate of drug-likeness (QED) is 0.911. The molecule has 0 aliphatic heterocycles. The number of halogens is 1. The second-order valence-electron chi connectivity index (χ2n) is 5.02. The number of nitriles is 1. The predicted molar refractivity (Wildman–Crippen MR) is 76.3 cm³/mol. The molecule has 20 heavy (non-hydrogen) atoms. The van der Waals surface area contributed by atoms with Crippen LogP contribution in [0.5, 0.6) is 0 Å². The molecule has 2 rings (SSSR count). The molecular weight excluding hydrogens is 253 g/mol. The molecular formula is C17H16FNO. The van der Waals surface area contributed by atoms with E-state index in [0.29, 0.717) is 12.8 Å². The van der Waals surface area contributed by atoms with Crippen molar-refractivity contribution in [3.05, 3.63) is 59.9 Å². The third-order valence-electron chi connectivity index (χ3n) is 3.41. The minimum absolute atomic E-state index is 0.259. The zero-order valence-corrected chi connectivity index (χ0v) is 11.3. The second-order valence-corrected chi connectivity index (χ2v) is 5.02. The summed E-state index contributed by atoms with van der Waals surface area (Å²) >= 11 is 0. The van der Waals surface area contributed by atoms with Crippen molar-refractivity contribution in [2.45, 2.75) is 25.4 Å². The molecule has 2 aromatic rings. The van der Waals surface area contributed by atoms with Crippen molar-refractivity contribution in [3.8, 4) is 17.2 Å². The lowest BCUT2D eigenvalue weighted by molar-refractivity contribution is 0.0492. The van der Waals surface area contributed by atoms with Crippen molar-refractivity contribution >= 4 is 0 Å². The Labute approximate surface area is 118 Å². The van der Waals surface area contributed by atoms with Crippen LogP contribution < -0.4 is 0 Å². The molecule has 2 nitrogen and oxygen atoms in total. The van der Waals surface area contributed by atoms with Crippen LogP contribution in [0.15, 0.2) is 48.5 Å². The summed E-state index contributed by atoms with van der Waals surface area (Å²) in [6.07, 6.45) is 0.714. The summed E-state index contributed by atoms with van der Waals surface area (Å²) in [6.45, 7) is 1.71. The lowest BCUT2D eigenvalue weighted by Gasteiger charge is -2.22. The van der Waals surface area contributed by atoms with Gasteiger partial charge in [-0.2, -0.15) is 5.26 Å². The standard InChI is InChI=1S/C17H16FNO/c1-17(20,11-2-12-19)15-7-3-13(4-8-15)14-5-9-16(18)10-6-14/h3-10,20H,2,11H2,1H3. The molecule has 0 aromatic heterocycles. The van der Waals surface area contributed by atoms with Gasteiger partial charge in [-0.05, 0) is 42.2 Å². The van der Waals surface area contributed by atoms with Gasteiger partial charge in [0.2, 0.25) is 0 Å². The van der Waals surface area contributed by atoms with Crippen LogP contribution >= 0.6 is 0 Å². The van der Waals surface area contributed by atoms with Crippen LogP contribution in [0, 0.1) is 17.1 Å². The number of hydrogen-bond acceptors (Lipinski definition) is 2. The Hall–Kier alpha value is -2.18. The largest absolute Gasteiger partial charge is 0.385 e. The van der Waals surface area contributed by atoms with Crippen LogP contribution in [0.4, 0.5) is 4.39 Å². The maximum absolute atomic E-state index is 12.9. The SMILES string of the molecule is CC(O)(CCC#N)c1ccc(-c2ccc(F)cc2)cc1. The molecule has 0 radical (unpaired) electrons. The molecule has 1 atom stereocenters. The van der Waals surface area contributed by atoms with E-state index < -0.39 is 5.60 Å². The van der Waals surface area contributed by atoms with Crippen molar-refractivity contribution in [1.29, 1.82) is 5.26 Å². The Morgan fingerprint density at radius 3 is 2.05 bits per heavy atom. The lowest BCUT2D eigenvalue weighted by Crippen LogP contribution is -2.20. The normalized spacial score (nSPS) is 13.5. The second kappa shape index (κ2) is 5.85. The summed E-state index contributed by atoms with van der Waals surface area (Å²) < 4.78 is 12.9. The van der Waals surface area contributed by atoms with Crippen LogP contribution in [-0.4, -0.2) is 5.11 Å². The van der Waals surface area contributed by atoms with Gasteiger partial charge in [-0.15, -0.1) is 0 Å². The van der Waals surface area contributed by atoms with Gasteiger partial charge in [0, 0.05) is 6.42 Å². The third kappa shape index (κ3) is 3.23. The van der Waals surface area contributed by atoms with E-state index in [0.717, 1.165) is 16.7 Å². The van der Waals surface area contributed by atoms with Crippen LogP contribution in [0.25, 0.3) is 11.1 Å². The minimum atomic E-state index is -1.00. The van der Waals surface area contributed by atoms with Gasteiger partial charge >= 0.3 is 0 Å². The monoisotopic (exact) mass is 269 g/mol. The molecule has 0 saturated carbocycles. The van der Waals surface area contributed by atoms with E-state index in [9.17, 15) is 9.50 Å². The average molecular weight is 269 g/mol.